The zero-order chi connectivity index (χ0) is 18.1. The minimum Gasteiger partial charge on any atom is -0.493 e. The number of rotatable bonds is 8. The molecule has 142 valence electrons. The van der Waals surface area contributed by atoms with Crippen LogP contribution in [0.5, 0.6) is 11.5 Å². The van der Waals surface area contributed by atoms with Crippen LogP contribution in [-0.2, 0) is 13.2 Å². The fourth-order valence-corrected chi connectivity index (χ4v) is 2.21. The first-order valence-corrected chi connectivity index (χ1v) is 8.46. The van der Waals surface area contributed by atoms with Gasteiger partial charge in [-0.25, -0.2) is 4.99 Å². The molecule has 0 saturated carbocycles. The molecule has 0 aliphatic heterocycles. The Hall–Kier alpha value is -1.96. The van der Waals surface area contributed by atoms with Crippen molar-refractivity contribution in [3.63, 3.8) is 0 Å². The molecule has 2 aromatic carbocycles. The summed E-state index contributed by atoms with van der Waals surface area (Å²) in [7, 11) is 1.64. The highest BCUT2D eigenvalue weighted by Gasteiger charge is 2.06. The van der Waals surface area contributed by atoms with Gasteiger partial charge in [-0.1, -0.05) is 50.2 Å². The molecule has 26 heavy (non-hydrogen) atoms. The molecule has 0 atom stereocenters. The summed E-state index contributed by atoms with van der Waals surface area (Å²) < 4.78 is 11.3. The van der Waals surface area contributed by atoms with Crippen molar-refractivity contribution >= 4 is 29.9 Å². The number of guanidine groups is 1. The number of nitrogens with two attached hydrogens (primary N) is 1. The van der Waals surface area contributed by atoms with E-state index in [1.54, 1.807) is 7.11 Å². The highest BCUT2D eigenvalue weighted by molar-refractivity contribution is 14.0. The van der Waals surface area contributed by atoms with Gasteiger partial charge < -0.3 is 20.5 Å². The van der Waals surface area contributed by atoms with Gasteiger partial charge in [-0.3, -0.25) is 0 Å². The Balaban J connectivity index is 0.00000338. The number of benzene rings is 2. The van der Waals surface area contributed by atoms with Crippen LogP contribution in [0.1, 0.15) is 25.0 Å². The largest absolute Gasteiger partial charge is 0.493 e. The van der Waals surface area contributed by atoms with Gasteiger partial charge in [0.15, 0.2) is 17.5 Å². The SMILES string of the molecule is COc1cc(CN=C(N)NCC(C)C)ccc1OCc1ccccc1.I. The molecular formula is C20H28IN3O2. The van der Waals surface area contributed by atoms with Gasteiger partial charge in [0.25, 0.3) is 0 Å². The van der Waals surface area contributed by atoms with Gasteiger partial charge in [0, 0.05) is 6.54 Å². The van der Waals surface area contributed by atoms with E-state index in [1.165, 1.54) is 0 Å². The van der Waals surface area contributed by atoms with E-state index in [2.05, 4.69) is 24.2 Å². The first-order valence-electron chi connectivity index (χ1n) is 8.46. The maximum atomic E-state index is 5.87. The van der Waals surface area contributed by atoms with E-state index < -0.39 is 0 Å². The van der Waals surface area contributed by atoms with Crippen molar-refractivity contribution in [3.8, 4) is 11.5 Å². The molecule has 0 fully saturated rings. The number of hydrogen-bond acceptors (Lipinski definition) is 3. The van der Waals surface area contributed by atoms with Gasteiger partial charge in [-0.15, -0.1) is 24.0 Å². The molecule has 0 spiro atoms. The lowest BCUT2D eigenvalue weighted by atomic mass is 10.2. The van der Waals surface area contributed by atoms with Crippen molar-refractivity contribution in [1.82, 2.24) is 5.32 Å². The third kappa shape index (κ3) is 7.51. The standard InChI is InChI=1S/C20H27N3O2.HI/c1-15(2)12-22-20(21)23-13-17-9-10-18(19(11-17)24-3)25-14-16-7-5-4-6-8-16;/h4-11,15H,12-14H2,1-3H3,(H3,21,22,23);1H. The van der Waals surface area contributed by atoms with Crippen LogP contribution in [0.3, 0.4) is 0 Å². The van der Waals surface area contributed by atoms with E-state index in [-0.39, 0.29) is 24.0 Å². The molecule has 0 aromatic heterocycles. The van der Waals surface area contributed by atoms with Crippen LogP contribution in [0.25, 0.3) is 0 Å². The monoisotopic (exact) mass is 469 g/mol. The number of halogens is 1. The molecule has 2 aromatic rings. The number of methoxy groups -OCH3 is 1. The van der Waals surface area contributed by atoms with Crippen molar-refractivity contribution in [2.45, 2.75) is 27.0 Å². The van der Waals surface area contributed by atoms with Crippen molar-refractivity contribution in [3.05, 3.63) is 59.7 Å². The molecule has 3 N–H and O–H groups in total. The average molecular weight is 469 g/mol. The van der Waals surface area contributed by atoms with Gasteiger partial charge in [-0.2, -0.15) is 0 Å². The lowest BCUT2D eigenvalue weighted by Gasteiger charge is -2.12. The van der Waals surface area contributed by atoms with Crippen molar-refractivity contribution < 1.29 is 9.47 Å². The molecule has 0 aliphatic carbocycles. The minimum atomic E-state index is 0. The van der Waals surface area contributed by atoms with E-state index in [4.69, 9.17) is 15.2 Å². The van der Waals surface area contributed by atoms with Crippen molar-refractivity contribution in [1.29, 1.82) is 0 Å². The van der Waals surface area contributed by atoms with Crippen LogP contribution in [0.2, 0.25) is 0 Å². The van der Waals surface area contributed by atoms with E-state index in [0.29, 0.717) is 36.5 Å². The normalized spacial score (nSPS) is 11.0. The smallest absolute Gasteiger partial charge is 0.188 e. The van der Waals surface area contributed by atoms with Gasteiger partial charge in [-0.05, 0) is 29.2 Å². The molecule has 5 nitrogen and oxygen atoms in total. The van der Waals surface area contributed by atoms with E-state index in [0.717, 1.165) is 17.7 Å². The van der Waals surface area contributed by atoms with Crippen LogP contribution in [0, 0.1) is 5.92 Å². The predicted molar refractivity (Wildman–Crippen MR) is 117 cm³/mol. The topological polar surface area (TPSA) is 68.9 Å². The van der Waals surface area contributed by atoms with Gasteiger partial charge in [0.2, 0.25) is 0 Å². The summed E-state index contributed by atoms with van der Waals surface area (Å²) in [5.74, 6) is 2.38. The third-order valence-corrected chi connectivity index (χ3v) is 3.59. The maximum Gasteiger partial charge on any atom is 0.188 e. The summed E-state index contributed by atoms with van der Waals surface area (Å²) in [4.78, 5) is 4.35. The van der Waals surface area contributed by atoms with Crippen LogP contribution in [-0.4, -0.2) is 19.6 Å². The molecule has 0 heterocycles. The highest BCUT2D eigenvalue weighted by Crippen LogP contribution is 2.29. The zero-order valence-corrected chi connectivity index (χ0v) is 17.9. The van der Waals surface area contributed by atoms with Gasteiger partial charge in [0.05, 0.1) is 13.7 Å². The summed E-state index contributed by atoms with van der Waals surface area (Å²) in [5.41, 5.74) is 7.99. The number of nitrogens with one attached hydrogen (secondary N) is 1. The Morgan fingerprint density at radius 3 is 2.46 bits per heavy atom. The second-order valence-electron chi connectivity index (χ2n) is 6.24. The Bertz CT molecular complexity index is 691. The Morgan fingerprint density at radius 2 is 1.81 bits per heavy atom. The first-order chi connectivity index (χ1) is 12.1. The number of nitrogens with zero attached hydrogens (tertiary/aromatic N) is 1. The van der Waals surface area contributed by atoms with Crippen molar-refractivity contribution in [2.24, 2.45) is 16.6 Å². The van der Waals surface area contributed by atoms with Crippen LogP contribution in [0.15, 0.2) is 53.5 Å². The summed E-state index contributed by atoms with van der Waals surface area (Å²) >= 11 is 0. The lowest BCUT2D eigenvalue weighted by molar-refractivity contribution is 0.284. The second kappa shape index (κ2) is 11.6. The van der Waals surface area contributed by atoms with Crippen LogP contribution < -0.4 is 20.5 Å². The molecule has 0 radical (unpaired) electrons. The fourth-order valence-electron chi connectivity index (χ4n) is 2.21. The molecule has 0 aliphatic rings. The molecule has 0 bridgehead atoms. The lowest BCUT2D eigenvalue weighted by Crippen LogP contribution is -2.34. The summed E-state index contributed by atoms with van der Waals surface area (Å²) in [5, 5.41) is 3.10. The van der Waals surface area contributed by atoms with Gasteiger partial charge >= 0.3 is 0 Å². The molecule has 2 rings (SSSR count). The molecule has 0 unspecified atom stereocenters. The fraction of sp³-hybridized carbons (Fsp3) is 0.350. The van der Waals surface area contributed by atoms with Crippen LogP contribution in [0.4, 0.5) is 0 Å². The Labute approximate surface area is 173 Å². The van der Waals surface area contributed by atoms with E-state index in [1.807, 2.05) is 48.5 Å². The zero-order valence-electron chi connectivity index (χ0n) is 15.6. The van der Waals surface area contributed by atoms with Crippen LogP contribution >= 0.6 is 24.0 Å². The number of hydrogen-bond donors (Lipinski definition) is 2. The quantitative estimate of drug-likeness (QED) is 0.349. The minimum absolute atomic E-state index is 0. The summed E-state index contributed by atoms with van der Waals surface area (Å²) in [6.07, 6.45) is 0. The van der Waals surface area contributed by atoms with E-state index >= 15 is 0 Å². The third-order valence-electron chi connectivity index (χ3n) is 3.59. The van der Waals surface area contributed by atoms with Crippen molar-refractivity contribution in [2.75, 3.05) is 13.7 Å². The Kier molecular flexibility index (Phi) is 9.87. The number of aliphatic imine (C=N–C) groups is 1. The summed E-state index contributed by atoms with van der Waals surface area (Å²) in [6, 6.07) is 15.8. The van der Waals surface area contributed by atoms with Gasteiger partial charge in [0.1, 0.15) is 6.61 Å². The molecular weight excluding hydrogens is 441 g/mol. The summed E-state index contributed by atoms with van der Waals surface area (Å²) in [6.45, 7) is 6.05. The average Bonchev–Trinajstić information content (AvgIpc) is 2.64. The maximum absolute atomic E-state index is 5.87. The predicted octanol–water partition coefficient (Wildman–Crippen LogP) is 3.95. The molecule has 6 heteroatoms. The molecule has 0 amide bonds. The second-order valence-corrected chi connectivity index (χ2v) is 6.24. The van der Waals surface area contributed by atoms with E-state index in [9.17, 15) is 0 Å². The number of ether oxygens (including phenoxy) is 2. The first kappa shape index (κ1) is 22.1. The molecule has 0 saturated heterocycles. The Morgan fingerprint density at radius 1 is 1.08 bits per heavy atom. The highest BCUT2D eigenvalue weighted by atomic mass is 127.